The van der Waals surface area contributed by atoms with Crippen LogP contribution in [-0.2, 0) is 10.2 Å². The fourth-order valence-corrected chi connectivity index (χ4v) is 3.16. The van der Waals surface area contributed by atoms with Crippen LogP contribution >= 0.6 is 11.8 Å². The van der Waals surface area contributed by atoms with Crippen molar-refractivity contribution in [1.82, 2.24) is 15.0 Å². The van der Waals surface area contributed by atoms with Crippen molar-refractivity contribution < 1.29 is 9.21 Å². The summed E-state index contributed by atoms with van der Waals surface area (Å²) >= 11 is 1.32. The lowest BCUT2D eigenvalue weighted by atomic mass is 9.97. The van der Waals surface area contributed by atoms with Gasteiger partial charge >= 0.3 is 0 Å². The van der Waals surface area contributed by atoms with Crippen molar-refractivity contribution in [3.05, 3.63) is 41.5 Å². The predicted octanol–water partition coefficient (Wildman–Crippen LogP) is 4.26. The smallest absolute Gasteiger partial charge is 0.234 e. The maximum absolute atomic E-state index is 12.2. The number of aromatic nitrogens is 3. The Morgan fingerprint density at radius 1 is 1.12 bits per heavy atom. The Bertz CT molecular complexity index is 940. The fraction of sp³-hybridized carbons (Fsp3) is 0.368. The third-order valence-electron chi connectivity index (χ3n) is 3.61. The second-order valence-electron chi connectivity index (χ2n) is 7.22. The zero-order chi connectivity index (χ0) is 18.9. The molecule has 0 fully saturated rings. The molecule has 0 saturated carbocycles. The molecule has 26 heavy (non-hydrogen) atoms. The topological polar surface area (TPSA) is 80.9 Å². The zero-order valence-electron chi connectivity index (χ0n) is 15.6. The molecule has 3 rings (SSSR count). The third kappa shape index (κ3) is 4.40. The maximum Gasteiger partial charge on any atom is 0.234 e. The summed E-state index contributed by atoms with van der Waals surface area (Å²) in [6.45, 7) is 9.97. The summed E-state index contributed by atoms with van der Waals surface area (Å²) in [5.41, 5.74) is 3.77. The van der Waals surface area contributed by atoms with Crippen LogP contribution in [0, 0.1) is 13.8 Å². The summed E-state index contributed by atoms with van der Waals surface area (Å²) < 4.78 is 5.78. The average Bonchev–Trinajstić information content (AvgIpc) is 2.95. The number of hydrogen-bond acceptors (Lipinski definition) is 6. The molecule has 3 aromatic rings. The number of rotatable bonds is 4. The van der Waals surface area contributed by atoms with Crippen LogP contribution in [0.1, 0.15) is 38.0 Å². The number of aryl methyl sites for hydroxylation is 2. The number of carbonyl (C=O) groups is 1. The highest BCUT2D eigenvalue weighted by atomic mass is 32.2. The van der Waals surface area contributed by atoms with Gasteiger partial charge in [0.25, 0.3) is 0 Å². The molecule has 0 unspecified atom stereocenters. The first-order valence-corrected chi connectivity index (χ1v) is 9.35. The number of nitrogens with one attached hydrogen (secondary N) is 1. The molecule has 7 heteroatoms. The zero-order valence-corrected chi connectivity index (χ0v) is 16.4. The van der Waals surface area contributed by atoms with Crippen LogP contribution in [0.3, 0.4) is 0 Å². The Hall–Kier alpha value is -2.41. The van der Waals surface area contributed by atoms with Crippen LogP contribution in [0.25, 0.3) is 11.1 Å². The third-order valence-corrected chi connectivity index (χ3v) is 4.45. The van der Waals surface area contributed by atoms with Gasteiger partial charge in [-0.15, -0.1) is 0 Å². The van der Waals surface area contributed by atoms with E-state index < -0.39 is 0 Å². The van der Waals surface area contributed by atoms with Gasteiger partial charge in [-0.1, -0.05) is 32.5 Å². The molecule has 1 aromatic carbocycles. The van der Waals surface area contributed by atoms with Gasteiger partial charge in [-0.3, -0.25) is 4.79 Å². The summed E-state index contributed by atoms with van der Waals surface area (Å²) in [5.74, 6) is 0.808. The molecule has 0 aliphatic heterocycles. The van der Waals surface area contributed by atoms with Gasteiger partial charge in [-0.05, 0) is 38.1 Å². The largest absolute Gasteiger partial charge is 0.440 e. The Kier molecular flexibility index (Phi) is 5.00. The van der Waals surface area contributed by atoms with Crippen LogP contribution in [0.15, 0.2) is 33.8 Å². The Labute approximate surface area is 156 Å². The second-order valence-corrected chi connectivity index (χ2v) is 8.16. The average molecular weight is 370 g/mol. The first-order valence-electron chi connectivity index (χ1n) is 8.37. The number of carbonyl (C=O) groups excluding carboxylic acids is 1. The summed E-state index contributed by atoms with van der Waals surface area (Å²) in [6, 6.07) is 7.37. The first-order chi connectivity index (χ1) is 12.2. The van der Waals surface area contributed by atoms with Gasteiger partial charge in [-0.2, -0.15) is 0 Å². The summed E-state index contributed by atoms with van der Waals surface area (Å²) in [4.78, 5) is 25.4. The van der Waals surface area contributed by atoms with Crippen molar-refractivity contribution >= 4 is 34.5 Å². The molecular formula is C19H22N4O2S. The summed E-state index contributed by atoms with van der Waals surface area (Å²) in [5, 5.41) is 3.50. The normalized spacial score (nSPS) is 11.7. The van der Waals surface area contributed by atoms with Crippen LogP contribution < -0.4 is 5.32 Å². The van der Waals surface area contributed by atoms with Crippen molar-refractivity contribution in [3.63, 3.8) is 0 Å². The molecule has 136 valence electrons. The lowest BCUT2D eigenvalue weighted by Crippen LogP contribution is -2.14. The molecule has 0 aliphatic rings. The molecule has 1 amide bonds. The van der Waals surface area contributed by atoms with Gasteiger partial charge < -0.3 is 9.73 Å². The minimum Gasteiger partial charge on any atom is -0.440 e. The number of benzene rings is 1. The Balaban J connectivity index is 1.67. The van der Waals surface area contributed by atoms with Gasteiger partial charge in [-0.25, -0.2) is 15.0 Å². The molecular weight excluding hydrogens is 348 g/mol. The SMILES string of the molecule is Cc1cc(C)nc(SCC(=O)Nc2ccc3oc(C(C)(C)C)nc3c2)n1. The van der Waals surface area contributed by atoms with E-state index in [0.29, 0.717) is 22.3 Å². The lowest BCUT2D eigenvalue weighted by molar-refractivity contribution is -0.113. The molecule has 0 aliphatic carbocycles. The predicted molar refractivity (Wildman–Crippen MR) is 104 cm³/mol. The van der Waals surface area contributed by atoms with E-state index >= 15 is 0 Å². The number of oxazole rings is 1. The van der Waals surface area contributed by atoms with Crippen molar-refractivity contribution in [1.29, 1.82) is 0 Å². The standard InChI is InChI=1S/C19H22N4O2S/c1-11-8-12(2)21-18(20-11)26-10-16(24)22-13-6-7-15-14(9-13)23-17(25-15)19(3,4)5/h6-9H,10H2,1-5H3,(H,22,24). The van der Waals surface area contributed by atoms with Gasteiger partial charge in [0, 0.05) is 22.5 Å². The minimum atomic E-state index is -0.162. The number of fused-ring (bicyclic) bond motifs is 1. The summed E-state index contributed by atoms with van der Waals surface area (Å²) in [6.07, 6.45) is 0. The van der Waals surface area contributed by atoms with Crippen LogP contribution in [0.2, 0.25) is 0 Å². The van der Waals surface area contributed by atoms with Gasteiger partial charge in [0.1, 0.15) is 5.52 Å². The number of anilines is 1. The van der Waals surface area contributed by atoms with Crippen LogP contribution in [-0.4, -0.2) is 26.6 Å². The van der Waals surface area contributed by atoms with Crippen molar-refractivity contribution in [2.45, 2.75) is 45.2 Å². The number of thioether (sulfide) groups is 1. The maximum atomic E-state index is 12.2. The van der Waals surface area contributed by atoms with E-state index in [0.717, 1.165) is 16.9 Å². The van der Waals surface area contributed by atoms with E-state index in [9.17, 15) is 4.79 Å². The van der Waals surface area contributed by atoms with Crippen molar-refractivity contribution in [3.8, 4) is 0 Å². The van der Waals surface area contributed by atoms with Crippen molar-refractivity contribution in [2.24, 2.45) is 0 Å². The molecule has 6 nitrogen and oxygen atoms in total. The molecule has 0 spiro atoms. The Morgan fingerprint density at radius 3 is 2.46 bits per heavy atom. The molecule has 0 saturated heterocycles. The van der Waals surface area contributed by atoms with Gasteiger partial charge in [0.2, 0.25) is 11.8 Å². The Morgan fingerprint density at radius 2 is 1.81 bits per heavy atom. The van der Waals surface area contributed by atoms with E-state index in [1.54, 1.807) is 0 Å². The van der Waals surface area contributed by atoms with Gasteiger partial charge in [0.05, 0.1) is 5.75 Å². The van der Waals surface area contributed by atoms with Crippen LogP contribution in [0.5, 0.6) is 0 Å². The van der Waals surface area contributed by atoms with E-state index in [4.69, 9.17) is 4.42 Å². The highest BCUT2D eigenvalue weighted by molar-refractivity contribution is 7.99. The van der Waals surface area contributed by atoms with Gasteiger partial charge in [0.15, 0.2) is 10.7 Å². The number of amides is 1. The fourth-order valence-electron chi connectivity index (χ4n) is 2.41. The highest BCUT2D eigenvalue weighted by Crippen LogP contribution is 2.27. The highest BCUT2D eigenvalue weighted by Gasteiger charge is 2.21. The van der Waals surface area contributed by atoms with E-state index in [1.165, 1.54) is 11.8 Å². The second kappa shape index (κ2) is 7.07. The van der Waals surface area contributed by atoms with Crippen LogP contribution in [0.4, 0.5) is 5.69 Å². The molecule has 1 N–H and O–H groups in total. The van der Waals surface area contributed by atoms with Crippen molar-refractivity contribution in [2.75, 3.05) is 11.1 Å². The molecule has 0 atom stereocenters. The summed E-state index contributed by atoms with van der Waals surface area (Å²) in [7, 11) is 0. The molecule has 0 radical (unpaired) electrons. The minimum absolute atomic E-state index is 0.114. The number of nitrogens with zero attached hydrogens (tertiary/aromatic N) is 3. The number of hydrogen-bond donors (Lipinski definition) is 1. The quantitative estimate of drug-likeness (QED) is 0.546. The molecule has 2 aromatic heterocycles. The van der Waals surface area contributed by atoms with E-state index in [2.05, 4.69) is 20.3 Å². The monoisotopic (exact) mass is 370 g/mol. The molecule has 2 heterocycles. The molecule has 0 bridgehead atoms. The van der Waals surface area contributed by atoms with E-state index in [-0.39, 0.29) is 17.1 Å². The first kappa shape index (κ1) is 18.4. The lowest BCUT2D eigenvalue weighted by Gasteiger charge is -2.11. The van der Waals surface area contributed by atoms with E-state index in [1.807, 2.05) is 58.9 Å².